The van der Waals surface area contributed by atoms with Crippen molar-refractivity contribution in [1.82, 2.24) is 10.1 Å². The molecule has 174 valence electrons. The van der Waals surface area contributed by atoms with Crippen molar-refractivity contribution in [2.24, 2.45) is 0 Å². The van der Waals surface area contributed by atoms with E-state index in [2.05, 4.69) is 15.5 Å². The Kier molecular flexibility index (Phi) is 7.09. The van der Waals surface area contributed by atoms with E-state index >= 15 is 0 Å². The van der Waals surface area contributed by atoms with Crippen molar-refractivity contribution in [3.8, 4) is 22.2 Å². The molecule has 0 radical (unpaired) electrons. The first-order chi connectivity index (χ1) is 16.5. The van der Waals surface area contributed by atoms with E-state index in [0.29, 0.717) is 11.6 Å². The van der Waals surface area contributed by atoms with Crippen LogP contribution in [0.2, 0.25) is 5.02 Å². The number of ether oxygens (including phenoxy) is 3. The summed E-state index contributed by atoms with van der Waals surface area (Å²) in [6.45, 7) is -0.260. The van der Waals surface area contributed by atoms with Crippen LogP contribution in [0.15, 0.2) is 58.4 Å². The van der Waals surface area contributed by atoms with E-state index in [4.69, 9.17) is 30.3 Å². The standard InChI is InChI=1S/C23H18ClN3O6S/c1-30-17-10-14(23(29)32-12-20-26-21(27-33-20)19-8-5-9-34-19)16(11-18(17)31-2)25-22(28)13-6-3-4-7-15(13)24/h3-11H,12H2,1-2H3,(H,25,28). The van der Waals surface area contributed by atoms with Crippen LogP contribution in [0.25, 0.3) is 10.7 Å². The quantitative estimate of drug-likeness (QED) is 0.334. The molecule has 34 heavy (non-hydrogen) atoms. The number of hydrogen-bond donors (Lipinski definition) is 1. The van der Waals surface area contributed by atoms with Gasteiger partial charge >= 0.3 is 5.97 Å². The van der Waals surface area contributed by atoms with E-state index in [1.807, 2.05) is 17.5 Å². The number of rotatable bonds is 8. The van der Waals surface area contributed by atoms with E-state index < -0.39 is 11.9 Å². The highest BCUT2D eigenvalue weighted by molar-refractivity contribution is 7.13. The fourth-order valence-corrected chi connectivity index (χ4v) is 3.88. The van der Waals surface area contributed by atoms with Gasteiger partial charge in [0.1, 0.15) is 0 Å². The van der Waals surface area contributed by atoms with E-state index in [1.165, 1.54) is 37.7 Å². The molecular weight excluding hydrogens is 482 g/mol. The van der Waals surface area contributed by atoms with E-state index in [1.54, 1.807) is 24.3 Å². The predicted molar refractivity (Wildman–Crippen MR) is 126 cm³/mol. The Balaban J connectivity index is 1.57. The van der Waals surface area contributed by atoms with E-state index in [0.717, 1.165) is 4.88 Å². The first-order valence-corrected chi connectivity index (χ1v) is 11.1. The highest BCUT2D eigenvalue weighted by Crippen LogP contribution is 2.34. The van der Waals surface area contributed by atoms with Gasteiger partial charge in [0.25, 0.3) is 11.8 Å². The third-order valence-corrected chi connectivity index (χ3v) is 5.84. The molecule has 2 aromatic carbocycles. The average molecular weight is 500 g/mol. The van der Waals surface area contributed by atoms with Gasteiger partial charge in [0.15, 0.2) is 18.1 Å². The highest BCUT2D eigenvalue weighted by atomic mass is 35.5. The molecule has 2 heterocycles. The van der Waals surface area contributed by atoms with Crippen LogP contribution >= 0.6 is 22.9 Å². The Morgan fingerprint density at radius 3 is 2.53 bits per heavy atom. The third kappa shape index (κ3) is 5.03. The molecule has 0 aliphatic heterocycles. The maximum Gasteiger partial charge on any atom is 0.340 e. The van der Waals surface area contributed by atoms with Crippen molar-refractivity contribution in [2.75, 3.05) is 19.5 Å². The van der Waals surface area contributed by atoms with Gasteiger partial charge in [-0.15, -0.1) is 11.3 Å². The van der Waals surface area contributed by atoms with Crippen molar-refractivity contribution in [2.45, 2.75) is 6.61 Å². The summed E-state index contributed by atoms with van der Waals surface area (Å²) >= 11 is 7.59. The van der Waals surface area contributed by atoms with Gasteiger partial charge in [-0.2, -0.15) is 4.98 Å². The second kappa shape index (κ2) is 10.4. The summed E-state index contributed by atoms with van der Waals surface area (Å²) in [4.78, 5) is 30.8. The molecule has 0 unspecified atom stereocenters. The normalized spacial score (nSPS) is 10.6. The Morgan fingerprint density at radius 2 is 1.82 bits per heavy atom. The second-order valence-corrected chi connectivity index (χ2v) is 8.11. The van der Waals surface area contributed by atoms with E-state index in [-0.39, 0.29) is 40.1 Å². The van der Waals surface area contributed by atoms with Gasteiger partial charge < -0.3 is 24.1 Å². The lowest BCUT2D eigenvalue weighted by Crippen LogP contribution is -2.17. The van der Waals surface area contributed by atoms with Crippen LogP contribution in [0.3, 0.4) is 0 Å². The number of aromatic nitrogens is 2. The fraction of sp³-hybridized carbons (Fsp3) is 0.130. The molecule has 0 atom stereocenters. The molecule has 0 spiro atoms. The Morgan fingerprint density at radius 1 is 1.06 bits per heavy atom. The van der Waals surface area contributed by atoms with Crippen LogP contribution < -0.4 is 14.8 Å². The van der Waals surface area contributed by atoms with Gasteiger partial charge in [-0.1, -0.05) is 35.0 Å². The lowest BCUT2D eigenvalue weighted by atomic mass is 10.1. The number of anilines is 1. The molecular formula is C23H18ClN3O6S. The Bertz CT molecular complexity index is 1320. The molecule has 0 fully saturated rings. The topological polar surface area (TPSA) is 113 Å². The van der Waals surface area contributed by atoms with Gasteiger partial charge in [0.05, 0.1) is 40.9 Å². The van der Waals surface area contributed by atoms with Gasteiger partial charge in [-0.3, -0.25) is 4.79 Å². The number of nitrogens with zero attached hydrogens (tertiary/aromatic N) is 2. The molecule has 0 aliphatic carbocycles. The average Bonchev–Trinajstić information content (AvgIpc) is 3.54. The minimum Gasteiger partial charge on any atom is -0.493 e. The minimum atomic E-state index is -0.744. The van der Waals surface area contributed by atoms with Crippen molar-refractivity contribution >= 4 is 40.5 Å². The summed E-state index contributed by atoms with van der Waals surface area (Å²) < 4.78 is 21.1. The molecule has 1 amide bonds. The molecule has 0 bridgehead atoms. The first-order valence-electron chi connectivity index (χ1n) is 9.85. The van der Waals surface area contributed by atoms with Gasteiger partial charge in [-0.25, -0.2) is 4.79 Å². The molecule has 2 aromatic heterocycles. The number of amides is 1. The highest BCUT2D eigenvalue weighted by Gasteiger charge is 2.22. The number of halogens is 1. The van der Waals surface area contributed by atoms with Crippen molar-refractivity contribution in [3.63, 3.8) is 0 Å². The van der Waals surface area contributed by atoms with Crippen LogP contribution in [0, 0.1) is 0 Å². The summed E-state index contributed by atoms with van der Waals surface area (Å²) in [5, 5.41) is 8.73. The number of thiophene rings is 1. The number of methoxy groups -OCH3 is 2. The number of esters is 1. The first kappa shape index (κ1) is 23.3. The van der Waals surface area contributed by atoms with Crippen LogP contribution in [0.4, 0.5) is 5.69 Å². The zero-order valence-electron chi connectivity index (χ0n) is 18.0. The van der Waals surface area contributed by atoms with Crippen LogP contribution in [0.1, 0.15) is 26.6 Å². The van der Waals surface area contributed by atoms with Crippen molar-refractivity contribution in [1.29, 1.82) is 0 Å². The third-order valence-electron chi connectivity index (χ3n) is 4.65. The van der Waals surface area contributed by atoms with Crippen molar-refractivity contribution in [3.05, 3.63) is 76.0 Å². The summed E-state index contributed by atoms with van der Waals surface area (Å²) in [5.74, 6) is -0.136. The fourth-order valence-electron chi connectivity index (χ4n) is 3.01. The maximum absolute atomic E-state index is 12.9. The molecule has 4 aromatic rings. The molecule has 0 saturated heterocycles. The Hall–Kier alpha value is -3.89. The molecule has 1 N–H and O–H groups in total. The minimum absolute atomic E-state index is 0.0380. The predicted octanol–water partition coefficient (Wildman–Crippen LogP) is 5.08. The Labute approximate surface area is 203 Å². The van der Waals surface area contributed by atoms with Crippen molar-refractivity contribution < 1.29 is 28.3 Å². The summed E-state index contributed by atoms with van der Waals surface area (Å²) in [6.07, 6.45) is 0. The SMILES string of the molecule is COc1cc(NC(=O)c2ccccc2Cl)c(C(=O)OCc2nc(-c3cccs3)no2)cc1OC. The molecule has 0 saturated carbocycles. The molecule has 11 heteroatoms. The summed E-state index contributed by atoms with van der Waals surface area (Å²) in [6, 6.07) is 13.1. The zero-order valence-corrected chi connectivity index (χ0v) is 19.6. The molecule has 0 aliphatic rings. The molecule has 9 nitrogen and oxygen atoms in total. The van der Waals surface area contributed by atoms with Gasteiger partial charge in [0, 0.05) is 12.1 Å². The van der Waals surface area contributed by atoms with E-state index in [9.17, 15) is 9.59 Å². The second-order valence-electron chi connectivity index (χ2n) is 6.75. The van der Waals surface area contributed by atoms with Crippen LogP contribution in [-0.2, 0) is 11.3 Å². The number of benzene rings is 2. The zero-order chi connectivity index (χ0) is 24.1. The summed E-state index contributed by atoms with van der Waals surface area (Å²) in [5.41, 5.74) is 0.429. The smallest absolute Gasteiger partial charge is 0.340 e. The van der Waals surface area contributed by atoms with Gasteiger partial charge in [0.2, 0.25) is 5.82 Å². The number of carbonyl (C=O) groups is 2. The van der Waals surface area contributed by atoms with Gasteiger partial charge in [-0.05, 0) is 23.6 Å². The lowest BCUT2D eigenvalue weighted by molar-refractivity contribution is 0.0430. The number of nitrogens with one attached hydrogen (secondary N) is 1. The lowest BCUT2D eigenvalue weighted by Gasteiger charge is -2.15. The maximum atomic E-state index is 12.9. The number of hydrogen-bond acceptors (Lipinski definition) is 9. The monoisotopic (exact) mass is 499 g/mol. The number of carbonyl (C=O) groups excluding carboxylic acids is 2. The van der Waals surface area contributed by atoms with Crippen LogP contribution in [-0.4, -0.2) is 36.2 Å². The largest absolute Gasteiger partial charge is 0.493 e. The molecule has 4 rings (SSSR count). The van der Waals surface area contributed by atoms with Crippen LogP contribution in [0.5, 0.6) is 11.5 Å². The summed E-state index contributed by atoms with van der Waals surface area (Å²) in [7, 11) is 2.87.